The zero-order valence-electron chi connectivity index (χ0n) is 45.7. The van der Waals surface area contributed by atoms with E-state index in [0.717, 1.165) is 12.0 Å². The molecule has 0 spiro atoms. The van der Waals surface area contributed by atoms with Crippen LogP contribution >= 0.6 is 0 Å². The molecular weight excluding hydrogens is 957 g/mol. The lowest BCUT2D eigenvalue weighted by molar-refractivity contribution is -0.266. The first-order valence-corrected chi connectivity index (χ1v) is 26.8. The minimum Gasteiger partial charge on any atom is -0.460 e. The third-order valence-electron chi connectivity index (χ3n) is 15.4. The highest BCUT2D eigenvalue weighted by molar-refractivity contribution is 6.39. The number of hydrogen-bond donors (Lipinski definition) is 4. The van der Waals surface area contributed by atoms with Gasteiger partial charge in [0.15, 0.2) is 5.78 Å². The molecule has 4 rings (SSSR count). The van der Waals surface area contributed by atoms with E-state index in [4.69, 9.17) is 33.2 Å². The fourth-order valence-corrected chi connectivity index (χ4v) is 10.8. The number of carbonyl (C=O) groups is 6. The Morgan fingerprint density at radius 1 is 0.878 bits per heavy atom. The molecular formula is C56H88N2O16. The smallest absolute Gasteiger partial charge is 0.406 e. The number of ether oxygens (including phenoxy) is 7. The zero-order valence-corrected chi connectivity index (χ0v) is 45.7. The number of ketones is 3. The number of cyclic esters (lactones) is 1. The van der Waals surface area contributed by atoms with Crippen molar-refractivity contribution in [2.24, 2.45) is 35.5 Å². The molecule has 15 atom stereocenters. The molecule has 18 nitrogen and oxygen atoms in total. The van der Waals surface area contributed by atoms with E-state index < -0.39 is 83.9 Å². The van der Waals surface area contributed by atoms with E-state index in [1.165, 1.54) is 19.1 Å². The van der Waals surface area contributed by atoms with Crippen LogP contribution in [0.3, 0.4) is 0 Å². The normalized spacial score (nSPS) is 35.7. The molecule has 2 bridgehead atoms. The van der Waals surface area contributed by atoms with Crippen molar-refractivity contribution in [3.8, 4) is 0 Å². The number of aliphatic hydroxyl groups excluding tert-OH is 2. The Morgan fingerprint density at radius 3 is 2.31 bits per heavy atom. The Balaban J connectivity index is 1.71. The number of piperidine rings is 1. The van der Waals surface area contributed by atoms with E-state index in [1.807, 2.05) is 51.2 Å². The van der Waals surface area contributed by atoms with Crippen LogP contribution in [0.25, 0.3) is 0 Å². The molecule has 3 aliphatic heterocycles. The van der Waals surface area contributed by atoms with Crippen molar-refractivity contribution in [1.82, 2.24) is 10.2 Å². The number of esters is 1. The number of Topliss-reactive ketones (excluding diaryl/α,β-unsaturated/α-hetero) is 3. The van der Waals surface area contributed by atoms with E-state index in [1.54, 1.807) is 40.9 Å². The van der Waals surface area contributed by atoms with Crippen LogP contribution in [-0.4, -0.2) is 164 Å². The molecule has 2 saturated heterocycles. The molecule has 0 aromatic rings. The third kappa shape index (κ3) is 17.7. The number of fused-ring (bicyclic) bond motifs is 3. The standard InChI is InChI=1S/C56H88N2O16/c1-34-16-12-11-13-17-35(2)46(71-26-27-72-55(66)57-8)32-42-21-19-40(7)56(67,74-42)52(63)53(64)58-23-15-14-18-43(58)54(65)73-47(37(4)30-41-20-22-45(70-25-24-59)48(31-41)68-9)33-44(60)36(3)29-39(6)50(62)51(69-10)49(61)38(5)28-34/h11-13,16-17,29,34,36-38,40-43,45-48,50-51,59,62,67H,14-15,18-28,30-33H2,1-10H3,(H,57,66)/b13-11?,16-12+,35-17?,39-29+/t34-,36-,37-,38-,40-,41+,42+,43+,45-,46+,47+,48-,50-,51+,56-/m1/s1. The average Bonchev–Trinajstić information content (AvgIpc) is 3.38. The van der Waals surface area contributed by atoms with Gasteiger partial charge in [-0.2, -0.15) is 0 Å². The van der Waals surface area contributed by atoms with Crippen molar-refractivity contribution in [2.45, 2.75) is 180 Å². The molecule has 0 radical (unpaired) electrons. The first-order chi connectivity index (χ1) is 35.2. The maximum Gasteiger partial charge on any atom is 0.406 e. The van der Waals surface area contributed by atoms with E-state index >= 15 is 0 Å². The Morgan fingerprint density at radius 2 is 1.62 bits per heavy atom. The van der Waals surface area contributed by atoms with Gasteiger partial charge in [-0.1, -0.05) is 71.1 Å². The largest absolute Gasteiger partial charge is 0.460 e. The lowest BCUT2D eigenvalue weighted by Crippen LogP contribution is -2.61. The van der Waals surface area contributed by atoms with Crippen LogP contribution in [0.5, 0.6) is 0 Å². The Bertz CT molecular complexity index is 1990. The summed E-state index contributed by atoms with van der Waals surface area (Å²) in [5.41, 5.74) is 1.13. The molecule has 0 aromatic heterocycles. The quantitative estimate of drug-likeness (QED) is 0.0767. The van der Waals surface area contributed by atoms with Crippen LogP contribution in [0, 0.1) is 35.5 Å². The van der Waals surface area contributed by atoms with Crippen molar-refractivity contribution in [3.63, 3.8) is 0 Å². The molecule has 1 aliphatic carbocycles. The van der Waals surface area contributed by atoms with Gasteiger partial charge in [0.25, 0.3) is 11.7 Å². The summed E-state index contributed by atoms with van der Waals surface area (Å²) in [6.45, 7) is 12.6. The predicted molar refractivity (Wildman–Crippen MR) is 275 cm³/mol. The minimum atomic E-state index is -2.52. The Labute approximate surface area is 438 Å². The molecule has 1 saturated carbocycles. The number of aliphatic hydroxyl groups is 3. The van der Waals surface area contributed by atoms with Gasteiger partial charge < -0.3 is 58.7 Å². The van der Waals surface area contributed by atoms with Gasteiger partial charge in [-0.25, -0.2) is 9.59 Å². The number of nitrogens with zero attached hydrogens (tertiary/aromatic N) is 1. The Hall–Kier alpha value is -4.14. The minimum absolute atomic E-state index is 0.0268. The van der Waals surface area contributed by atoms with Crippen molar-refractivity contribution in [1.29, 1.82) is 0 Å². The summed E-state index contributed by atoms with van der Waals surface area (Å²) in [7, 11) is 4.43. The molecule has 0 aromatic carbocycles. The number of nitrogens with one attached hydrogen (secondary N) is 1. The molecule has 418 valence electrons. The molecule has 4 aliphatic rings. The van der Waals surface area contributed by atoms with Crippen LogP contribution in [0.4, 0.5) is 4.79 Å². The van der Waals surface area contributed by atoms with Crippen LogP contribution < -0.4 is 5.32 Å². The van der Waals surface area contributed by atoms with Gasteiger partial charge in [0.1, 0.15) is 36.7 Å². The summed E-state index contributed by atoms with van der Waals surface area (Å²) >= 11 is 0. The van der Waals surface area contributed by atoms with E-state index in [9.17, 15) is 44.1 Å². The molecule has 0 unspecified atom stereocenters. The van der Waals surface area contributed by atoms with Gasteiger partial charge in [-0.15, -0.1) is 0 Å². The molecule has 2 amide bonds. The number of rotatable bonds is 12. The Kier molecular flexibility index (Phi) is 25.8. The van der Waals surface area contributed by atoms with E-state index in [2.05, 4.69) is 5.32 Å². The summed E-state index contributed by atoms with van der Waals surface area (Å²) in [4.78, 5) is 84.4. The number of carbonyl (C=O) groups excluding carboxylic acids is 6. The summed E-state index contributed by atoms with van der Waals surface area (Å²) in [6, 6.07) is -1.19. The van der Waals surface area contributed by atoms with Crippen LogP contribution in [0.2, 0.25) is 0 Å². The second-order valence-corrected chi connectivity index (χ2v) is 21.2. The van der Waals surface area contributed by atoms with Crippen molar-refractivity contribution >= 4 is 35.3 Å². The van der Waals surface area contributed by atoms with Gasteiger partial charge in [0.05, 0.1) is 44.2 Å². The fourth-order valence-electron chi connectivity index (χ4n) is 10.8. The first-order valence-electron chi connectivity index (χ1n) is 26.8. The highest BCUT2D eigenvalue weighted by atomic mass is 16.6. The summed E-state index contributed by atoms with van der Waals surface area (Å²) in [6.07, 6.45) is 10.2. The van der Waals surface area contributed by atoms with Crippen molar-refractivity contribution in [3.05, 3.63) is 47.6 Å². The molecule has 3 heterocycles. The second-order valence-electron chi connectivity index (χ2n) is 21.2. The maximum atomic E-state index is 14.6. The first kappa shape index (κ1) is 62.4. The third-order valence-corrected chi connectivity index (χ3v) is 15.4. The van der Waals surface area contributed by atoms with E-state index in [0.29, 0.717) is 56.9 Å². The van der Waals surface area contributed by atoms with Crippen molar-refractivity contribution < 1.29 is 77.2 Å². The highest BCUT2D eigenvalue weighted by Crippen LogP contribution is 2.38. The fraction of sp³-hybridized carbons (Fsp3) is 0.750. The summed E-state index contributed by atoms with van der Waals surface area (Å²) in [5, 5.41) is 35.4. The molecule has 3 fully saturated rings. The second kappa shape index (κ2) is 30.6. The molecule has 18 heteroatoms. The lowest BCUT2D eigenvalue weighted by Gasteiger charge is -2.43. The van der Waals surface area contributed by atoms with Gasteiger partial charge in [-0.05, 0) is 107 Å². The van der Waals surface area contributed by atoms with Gasteiger partial charge in [0.2, 0.25) is 5.79 Å². The summed E-state index contributed by atoms with van der Waals surface area (Å²) in [5.74, 6) is -8.46. The number of allylic oxidation sites excluding steroid dienone is 6. The van der Waals surface area contributed by atoms with Crippen LogP contribution in [-0.2, 0) is 57.1 Å². The highest BCUT2D eigenvalue weighted by Gasteiger charge is 2.53. The van der Waals surface area contributed by atoms with Crippen LogP contribution in [0.15, 0.2) is 47.6 Å². The van der Waals surface area contributed by atoms with Crippen LogP contribution in [0.1, 0.15) is 126 Å². The lowest BCUT2D eigenvalue weighted by atomic mass is 9.78. The SMILES string of the molecule is CNC(=O)OCCO[C@H]1C[C@@H]2CC[C@@H](C)[C@@](O)(O2)C(=O)C(=O)N2CCCC[C@H]2C(=O)O[C@H]([C@H](C)C[C@@H]2CC[C@@H](OCCO)[C@H](OC)C2)CC(=O)[C@H](C)/C=C(\C)[C@@H](O)[C@@H](OC)C(=O)[C@H](C)C[C@H](C)/C=C/C=CC=C1C. The molecule has 4 N–H and O–H groups in total. The summed E-state index contributed by atoms with van der Waals surface area (Å²) < 4.78 is 41.2. The zero-order chi connectivity index (χ0) is 54.7. The van der Waals surface area contributed by atoms with Gasteiger partial charge in [0, 0.05) is 58.4 Å². The average molecular weight is 1050 g/mol. The monoisotopic (exact) mass is 1040 g/mol. The topological polar surface area (TPSA) is 243 Å². The maximum absolute atomic E-state index is 14.6. The van der Waals surface area contributed by atoms with Gasteiger partial charge >= 0.3 is 12.1 Å². The number of hydrogen-bond acceptors (Lipinski definition) is 16. The van der Waals surface area contributed by atoms with Gasteiger partial charge in [-0.3, -0.25) is 19.2 Å². The number of alkyl carbamates (subject to hydrolysis) is 1. The number of methoxy groups -OCH3 is 2. The molecule has 74 heavy (non-hydrogen) atoms. The number of amides is 2. The predicted octanol–water partition coefficient (Wildman–Crippen LogP) is 5.92. The van der Waals surface area contributed by atoms with Crippen molar-refractivity contribution in [2.75, 3.05) is 54.2 Å². The van der Waals surface area contributed by atoms with E-state index in [-0.39, 0.29) is 93.8 Å².